The Bertz CT molecular complexity index is 584. The molecule has 1 aromatic carbocycles. The van der Waals surface area contributed by atoms with Crippen molar-refractivity contribution >= 4 is 27.5 Å². The highest BCUT2D eigenvalue weighted by Gasteiger charge is 2.09. The number of primary amides is 1. The van der Waals surface area contributed by atoms with Crippen LogP contribution in [0.15, 0.2) is 40.9 Å². The lowest BCUT2D eigenvalue weighted by Gasteiger charge is -2.05. The summed E-state index contributed by atoms with van der Waals surface area (Å²) in [7, 11) is 0. The molecule has 0 atom stereocenters. The van der Waals surface area contributed by atoms with E-state index in [0.717, 1.165) is 10.0 Å². The molecule has 1 amide bonds. The highest BCUT2D eigenvalue weighted by atomic mass is 79.9. The fourth-order valence-corrected chi connectivity index (χ4v) is 1.88. The molecule has 1 heterocycles. The smallest absolute Gasteiger partial charge is 0.269 e. The Hall–Kier alpha value is -1.88. The molecule has 4 N–H and O–H groups in total. The molecule has 0 unspecified atom stereocenters. The summed E-state index contributed by atoms with van der Waals surface area (Å²) < 4.78 is 0.939. The monoisotopic (exact) mass is 291 g/mol. The number of hydrogen-bond donors (Lipinski definition) is 2. The summed E-state index contributed by atoms with van der Waals surface area (Å²) in [5.41, 5.74) is 12.8. The first kappa shape index (κ1) is 11.6. The Labute approximate surface area is 107 Å². The van der Waals surface area contributed by atoms with E-state index >= 15 is 0 Å². The van der Waals surface area contributed by atoms with Gasteiger partial charge in [-0.15, -0.1) is 0 Å². The molecule has 0 aliphatic rings. The zero-order valence-electron chi connectivity index (χ0n) is 8.85. The van der Waals surface area contributed by atoms with Crippen LogP contribution in [0.5, 0.6) is 0 Å². The molecule has 0 radical (unpaired) electrons. The maximum Gasteiger partial charge on any atom is 0.269 e. The molecule has 0 saturated heterocycles. The highest BCUT2D eigenvalue weighted by molar-refractivity contribution is 9.10. The van der Waals surface area contributed by atoms with Crippen molar-refractivity contribution in [3.8, 4) is 11.3 Å². The van der Waals surface area contributed by atoms with E-state index in [0.29, 0.717) is 5.69 Å². The average Bonchev–Trinajstić information content (AvgIpc) is 2.29. The van der Waals surface area contributed by atoms with E-state index in [1.165, 1.54) is 0 Å². The van der Waals surface area contributed by atoms with E-state index in [4.69, 9.17) is 11.5 Å². The summed E-state index contributed by atoms with van der Waals surface area (Å²) in [5, 5.41) is 0. The van der Waals surface area contributed by atoms with Gasteiger partial charge in [-0.05, 0) is 24.3 Å². The van der Waals surface area contributed by atoms with Gasteiger partial charge in [0, 0.05) is 10.0 Å². The third-order valence-corrected chi connectivity index (χ3v) is 2.77. The van der Waals surface area contributed by atoms with Crippen LogP contribution in [0, 0.1) is 0 Å². The molecule has 0 aliphatic carbocycles. The number of hydrogen-bond acceptors (Lipinski definition) is 3. The van der Waals surface area contributed by atoms with Crippen LogP contribution >= 0.6 is 15.9 Å². The van der Waals surface area contributed by atoms with Crippen molar-refractivity contribution in [2.24, 2.45) is 5.73 Å². The number of anilines is 1. The standard InChI is InChI=1S/C12H10BrN3O/c13-8-3-1-2-7(6-8)10-5-4-9(14)11(16-10)12(15)17/h1-6H,14H2,(H2,15,17). The molecular weight excluding hydrogens is 282 g/mol. The summed E-state index contributed by atoms with van der Waals surface area (Å²) in [6, 6.07) is 11.0. The van der Waals surface area contributed by atoms with Crippen LogP contribution in [-0.2, 0) is 0 Å². The van der Waals surface area contributed by atoms with Crippen LogP contribution in [0.1, 0.15) is 10.5 Å². The van der Waals surface area contributed by atoms with E-state index in [1.54, 1.807) is 12.1 Å². The van der Waals surface area contributed by atoms with Crippen LogP contribution in [-0.4, -0.2) is 10.9 Å². The van der Waals surface area contributed by atoms with Crippen LogP contribution in [0.4, 0.5) is 5.69 Å². The predicted octanol–water partition coefficient (Wildman–Crippen LogP) is 2.19. The van der Waals surface area contributed by atoms with E-state index in [1.807, 2.05) is 24.3 Å². The molecule has 0 fully saturated rings. The maximum absolute atomic E-state index is 11.1. The van der Waals surface area contributed by atoms with Crippen LogP contribution < -0.4 is 11.5 Å². The van der Waals surface area contributed by atoms with Gasteiger partial charge in [-0.25, -0.2) is 4.98 Å². The molecule has 4 nitrogen and oxygen atoms in total. The number of carbonyl (C=O) groups excluding carboxylic acids is 1. The van der Waals surface area contributed by atoms with Gasteiger partial charge in [-0.2, -0.15) is 0 Å². The van der Waals surface area contributed by atoms with Gasteiger partial charge in [0.1, 0.15) is 0 Å². The Balaban J connectivity index is 2.54. The minimum absolute atomic E-state index is 0.0995. The second kappa shape index (κ2) is 4.55. The lowest BCUT2D eigenvalue weighted by atomic mass is 10.1. The minimum atomic E-state index is -0.626. The van der Waals surface area contributed by atoms with Crippen LogP contribution in [0.25, 0.3) is 11.3 Å². The lowest BCUT2D eigenvalue weighted by molar-refractivity contribution is 0.0996. The van der Waals surface area contributed by atoms with Crippen molar-refractivity contribution < 1.29 is 4.79 Å². The number of pyridine rings is 1. The number of nitrogens with zero attached hydrogens (tertiary/aromatic N) is 1. The van der Waals surface area contributed by atoms with Crippen molar-refractivity contribution in [2.45, 2.75) is 0 Å². The summed E-state index contributed by atoms with van der Waals surface area (Å²) in [4.78, 5) is 15.3. The molecule has 0 saturated carbocycles. The largest absolute Gasteiger partial charge is 0.397 e. The van der Waals surface area contributed by atoms with Crippen molar-refractivity contribution in [3.05, 3.63) is 46.6 Å². The van der Waals surface area contributed by atoms with Gasteiger partial charge in [-0.1, -0.05) is 28.1 Å². The molecule has 0 aliphatic heterocycles. The van der Waals surface area contributed by atoms with Gasteiger partial charge in [0.15, 0.2) is 5.69 Å². The topological polar surface area (TPSA) is 82.0 Å². The van der Waals surface area contributed by atoms with Gasteiger partial charge in [0.25, 0.3) is 5.91 Å². The quantitative estimate of drug-likeness (QED) is 0.890. The van der Waals surface area contributed by atoms with Crippen LogP contribution in [0.2, 0.25) is 0 Å². The zero-order valence-corrected chi connectivity index (χ0v) is 10.4. The fourth-order valence-electron chi connectivity index (χ4n) is 1.48. The Morgan fingerprint density at radius 3 is 2.65 bits per heavy atom. The first-order valence-electron chi connectivity index (χ1n) is 4.90. The second-order valence-electron chi connectivity index (χ2n) is 3.51. The average molecular weight is 292 g/mol. The van der Waals surface area contributed by atoms with Crippen molar-refractivity contribution in [2.75, 3.05) is 5.73 Å². The van der Waals surface area contributed by atoms with E-state index in [9.17, 15) is 4.79 Å². The number of nitrogens with two attached hydrogens (primary N) is 2. The highest BCUT2D eigenvalue weighted by Crippen LogP contribution is 2.23. The minimum Gasteiger partial charge on any atom is -0.397 e. The number of benzene rings is 1. The Kier molecular flexibility index (Phi) is 3.10. The Morgan fingerprint density at radius 2 is 2.00 bits per heavy atom. The summed E-state index contributed by atoms with van der Waals surface area (Å²) in [5.74, 6) is -0.626. The fraction of sp³-hybridized carbons (Fsp3) is 0. The normalized spacial score (nSPS) is 10.2. The third-order valence-electron chi connectivity index (χ3n) is 2.28. The second-order valence-corrected chi connectivity index (χ2v) is 4.42. The number of carbonyl (C=O) groups is 1. The molecule has 5 heteroatoms. The first-order valence-corrected chi connectivity index (χ1v) is 5.69. The van der Waals surface area contributed by atoms with Gasteiger partial charge >= 0.3 is 0 Å². The molecular formula is C12H10BrN3O. The van der Waals surface area contributed by atoms with E-state index in [2.05, 4.69) is 20.9 Å². The molecule has 2 aromatic rings. The van der Waals surface area contributed by atoms with E-state index in [-0.39, 0.29) is 11.4 Å². The molecule has 17 heavy (non-hydrogen) atoms. The van der Waals surface area contributed by atoms with Crippen molar-refractivity contribution in [1.29, 1.82) is 0 Å². The number of nitrogen functional groups attached to an aromatic ring is 1. The van der Waals surface area contributed by atoms with Gasteiger partial charge < -0.3 is 11.5 Å². The van der Waals surface area contributed by atoms with Crippen LogP contribution in [0.3, 0.4) is 0 Å². The number of amides is 1. The van der Waals surface area contributed by atoms with Gasteiger partial charge in [0.2, 0.25) is 0 Å². The molecule has 86 valence electrons. The van der Waals surface area contributed by atoms with Gasteiger partial charge in [-0.3, -0.25) is 4.79 Å². The molecule has 1 aromatic heterocycles. The zero-order chi connectivity index (χ0) is 12.4. The molecule has 0 bridgehead atoms. The summed E-state index contributed by atoms with van der Waals surface area (Å²) in [6.07, 6.45) is 0. The summed E-state index contributed by atoms with van der Waals surface area (Å²) in [6.45, 7) is 0. The SMILES string of the molecule is NC(=O)c1nc(-c2cccc(Br)c2)ccc1N. The number of aromatic nitrogens is 1. The van der Waals surface area contributed by atoms with Crippen molar-refractivity contribution in [1.82, 2.24) is 4.98 Å². The number of halogens is 1. The lowest BCUT2D eigenvalue weighted by Crippen LogP contribution is -2.15. The maximum atomic E-state index is 11.1. The predicted molar refractivity (Wildman–Crippen MR) is 70.3 cm³/mol. The summed E-state index contributed by atoms with van der Waals surface area (Å²) >= 11 is 3.38. The first-order chi connectivity index (χ1) is 8.08. The molecule has 2 rings (SSSR count). The van der Waals surface area contributed by atoms with Gasteiger partial charge in [0.05, 0.1) is 11.4 Å². The Morgan fingerprint density at radius 1 is 1.24 bits per heavy atom. The van der Waals surface area contributed by atoms with Crippen molar-refractivity contribution in [3.63, 3.8) is 0 Å². The van der Waals surface area contributed by atoms with E-state index < -0.39 is 5.91 Å². The molecule has 0 spiro atoms. The number of rotatable bonds is 2. The third kappa shape index (κ3) is 2.45.